The molecule has 1 aliphatic rings. The Hall–Kier alpha value is -1.45. The molecule has 0 saturated carbocycles. The van der Waals surface area contributed by atoms with Crippen molar-refractivity contribution in [1.29, 1.82) is 0 Å². The molecule has 28 heavy (non-hydrogen) atoms. The summed E-state index contributed by atoms with van der Waals surface area (Å²) >= 11 is 9.28. The average molecular weight is 617 g/mol. The van der Waals surface area contributed by atoms with Crippen molar-refractivity contribution in [1.82, 2.24) is 0 Å². The van der Waals surface area contributed by atoms with Crippen LogP contribution in [0.4, 0.5) is 0 Å². The third kappa shape index (κ3) is 4.93. The molecule has 0 aliphatic carbocycles. The van der Waals surface area contributed by atoms with E-state index < -0.39 is 5.97 Å². The van der Waals surface area contributed by atoms with Gasteiger partial charge in [-0.15, -0.1) is 0 Å². The third-order valence-corrected chi connectivity index (χ3v) is 6.20. The molecule has 1 heterocycles. The second-order valence-corrected chi connectivity index (χ2v) is 9.23. The van der Waals surface area contributed by atoms with Gasteiger partial charge in [0.25, 0.3) is 0 Å². The number of halogens is 3. The lowest BCUT2D eigenvalue weighted by Crippen LogP contribution is -2.05. The number of carbonyl (C=O) groups excluding carboxylic acids is 1. The van der Waals surface area contributed by atoms with Crippen molar-refractivity contribution in [2.24, 2.45) is 4.99 Å². The van der Waals surface area contributed by atoms with Crippen LogP contribution in [0.25, 0.3) is 6.08 Å². The van der Waals surface area contributed by atoms with E-state index in [9.17, 15) is 4.79 Å². The van der Waals surface area contributed by atoms with Gasteiger partial charge in [0.1, 0.15) is 12.4 Å². The van der Waals surface area contributed by atoms with Gasteiger partial charge in [-0.2, -0.15) is 0 Å². The Morgan fingerprint density at radius 1 is 1.29 bits per heavy atom. The van der Waals surface area contributed by atoms with E-state index in [0.29, 0.717) is 18.3 Å². The van der Waals surface area contributed by atoms with Gasteiger partial charge in [0.15, 0.2) is 5.70 Å². The lowest BCUT2D eigenvalue weighted by atomic mass is 10.1. The summed E-state index contributed by atoms with van der Waals surface area (Å²) in [6, 6.07) is 9.55. The van der Waals surface area contributed by atoms with Gasteiger partial charge in [0, 0.05) is 9.13 Å². The fraction of sp³-hybridized carbons (Fsp3) is 0.143. The molecule has 0 N–H and O–H groups in total. The number of nitrogens with zero attached hydrogens (tertiary/aromatic N) is 1. The predicted molar refractivity (Wildman–Crippen MR) is 127 cm³/mol. The molecule has 2 aromatic carbocycles. The Morgan fingerprint density at radius 2 is 1.96 bits per heavy atom. The molecule has 0 saturated heterocycles. The zero-order valence-corrected chi connectivity index (χ0v) is 20.5. The molecule has 0 atom stereocenters. The SMILES string of the molecule is C=C(C)COc1c(Br)cc(/C=C2\N=C(c3ccc(I)c(C)c3)OC2=O)cc1Br. The van der Waals surface area contributed by atoms with E-state index in [1.165, 1.54) is 0 Å². The topological polar surface area (TPSA) is 47.9 Å². The van der Waals surface area contributed by atoms with Gasteiger partial charge in [0.05, 0.1) is 8.95 Å². The number of carbonyl (C=O) groups is 1. The molecule has 0 radical (unpaired) electrons. The van der Waals surface area contributed by atoms with Crippen molar-refractivity contribution in [2.45, 2.75) is 13.8 Å². The molecule has 144 valence electrons. The van der Waals surface area contributed by atoms with E-state index in [1.54, 1.807) is 6.08 Å². The van der Waals surface area contributed by atoms with Crippen LogP contribution in [0, 0.1) is 10.5 Å². The first-order chi connectivity index (χ1) is 13.2. The normalized spacial score (nSPS) is 14.8. The maximum atomic E-state index is 12.3. The van der Waals surface area contributed by atoms with E-state index in [1.807, 2.05) is 44.2 Å². The lowest BCUT2D eigenvalue weighted by Gasteiger charge is -2.11. The molecule has 1 aliphatic heterocycles. The van der Waals surface area contributed by atoms with Crippen LogP contribution >= 0.6 is 54.5 Å². The monoisotopic (exact) mass is 615 g/mol. The number of hydrogen-bond acceptors (Lipinski definition) is 4. The number of benzene rings is 2. The van der Waals surface area contributed by atoms with E-state index in [0.717, 1.165) is 34.8 Å². The lowest BCUT2D eigenvalue weighted by molar-refractivity contribution is -0.129. The van der Waals surface area contributed by atoms with E-state index in [-0.39, 0.29) is 5.70 Å². The molecule has 0 fully saturated rings. The number of aryl methyl sites for hydroxylation is 1. The second-order valence-electron chi connectivity index (χ2n) is 6.36. The van der Waals surface area contributed by atoms with Gasteiger partial charge < -0.3 is 9.47 Å². The van der Waals surface area contributed by atoms with Crippen LogP contribution in [0.3, 0.4) is 0 Å². The van der Waals surface area contributed by atoms with Gasteiger partial charge in [-0.3, -0.25) is 0 Å². The highest BCUT2D eigenvalue weighted by molar-refractivity contribution is 14.1. The minimum atomic E-state index is -0.471. The van der Waals surface area contributed by atoms with E-state index in [4.69, 9.17) is 9.47 Å². The standard InChI is InChI=1S/C21H16Br2INO3/c1-11(2)10-27-19-15(22)7-13(8-16(19)23)9-18-21(26)28-20(25-18)14-4-5-17(24)12(3)6-14/h4-9H,1,10H2,2-3H3/b18-9-. The zero-order valence-electron chi connectivity index (χ0n) is 15.2. The van der Waals surface area contributed by atoms with Crippen molar-refractivity contribution in [2.75, 3.05) is 6.61 Å². The molecular formula is C21H16Br2INO3. The number of rotatable bonds is 5. The maximum absolute atomic E-state index is 12.3. The van der Waals surface area contributed by atoms with Gasteiger partial charge in [-0.25, -0.2) is 9.79 Å². The van der Waals surface area contributed by atoms with Gasteiger partial charge in [-0.05, 0) is 121 Å². The minimum absolute atomic E-state index is 0.251. The molecule has 4 nitrogen and oxygen atoms in total. The first-order valence-electron chi connectivity index (χ1n) is 8.30. The molecule has 3 rings (SSSR count). The van der Waals surface area contributed by atoms with Crippen molar-refractivity contribution in [3.8, 4) is 5.75 Å². The molecular weight excluding hydrogens is 601 g/mol. The molecule has 2 aromatic rings. The Balaban J connectivity index is 1.90. The van der Waals surface area contributed by atoms with Crippen LogP contribution in [-0.4, -0.2) is 18.5 Å². The van der Waals surface area contributed by atoms with E-state index in [2.05, 4.69) is 66.0 Å². The maximum Gasteiger partial charge on any atom is 0.363 e. The summed E-state index contributed by atoms with van der Waals surface area (Å²) < 4.78 is 13.8. The number of esters is 1. The molecule has 0 unspecified atom stereocenters. The summed E-state index contributed by atoms with van der Waals surface area (Å²) in [5.74, 6) is 0.522. The van der Waals surface area contributed by atoms with Crippen LogP contribution in [0.1, 0.15) is 23.6 Å². The Labute approximate surface area is 194 Å². The highest BCUT2D eigenvalue weighted by atomic mass is 127. The van der Waals surface area contributed by atoms with Crippen molar-refractivity contribution < 1.29 is 14.3 Å². The average Bonchev–Trinajstić information content (AvgIpc) is 2.97. The summed E-state index contributed by atoms with van der Waals surface area (Å²) in [6.07, 6.45) is 1.69. The fourth-order valence-electron chi connectivity index (χ4n) is 2.46. The van der Waals surface area contributed by atoms with Crippen molar-refractivity contribution in [3.63, 3.8) is 0 Å². The largest absolute Gasteiger partial charge is 0.487 e. The second kappa shape index (κ2) is 8.92. The number of hydrogen-bond donors (Lipinski definition) is 0. The molecule has 0 amide bonds. The van der Waals surface area contributed by atoms with Gasteiger partial charge >= 0.3 is 5.97 Å². The smallest absolute Gasteiger partial charge is 0.363 e. The van der Waals surface area contributed by atoms with E-state index >= 15 is 0 Å². The summed E-state index contributed by atoms with van der Waals surface area (Å²) in [5.41, 5.74) is 3.84. The van der Waals surface area contributed by atoms with Crippen LogP contribution in [0.2, 0.25) is 0 Å². The number of cyclic esters (lactones) is 1. The predicted octanol–water partition coefficient (Wildman–Crippen LogP) is 6.42. The molecule has 0 spiro atoms. The summed E-state index contributed by atoms with van der Waals surface area (Å²) in [4.78, 5) is 16.6. The summed E-state index contributed by atoms with van der Waals surface area (Å²) in [7, 11) is 0. The Kier molecular flexibility index (Phi) is 6.77. The summed E-state index contributed by atoms with van der Waals surface area (Å²) in [6.45, 7) is 8.16. The number of ether oxygens (including phenoxy) is 2. The highest BCUT2D eigenvalue weighted by Crippen LogP contribution is 2.36. The molecule has 0 bridgehead atoms. The van der Waals surface area contributed by atoms with Crippen LogP contribution in [0.15, 0.2) is 62.1 Å². The quantitative estimate of drug-likeness (QED) is 0.169. The Morgan fingerprint density at radius 3 is 2.57 bits per heavy atom. The molecule has 0 aromatic heterocycles. The minimum Gasteiger partial charge on any atom is -0.487 e. The van der Waals surface area contributed by atoms with Crippen molar-refractivity contribution in [3.05, 3.63) is 77.4 Å². The molecule has 7 heteroatoms. The highest BCUT2D eigenvalue weighted by Gasteiger charge is 2.24. The van der Waals surface area contributed by atoms with Gasteiger partial charge in [-0.1, -0.05) is 6.58 Å². The number of aliphatic imine (C=N–C) groups is 1. The fourth-order valence-corrected chi connectivity index (χ4v) is 4.25. The third-order valence-electron chi connectivity index (χ3n) is 3.81. The van der Waals surface area contributed by atoms with Gasteiger partial charge in [0.2, 0.25) is 5.90 Å². The first kappa shape index (κ1) is 21.3. The zero-order chi connectivity index (χ0) is 20.4. The van der Waals surface area contributed by atoms with Crippen molar-refractivity contribution >= 4 is 72.4 Å². The Bertz CT molecular complexity index is 1020. The first-order valence-corrected chi connectivity index (χ1v) is 11.0. The summed E-state index contributed by atoms with van der Waals surface area (Å²) in [5, 5.41) is 0. The van der Waals surface area contributed by atoms with Crippen LogP contribution < -0.4 is 4.74 Å². The van der Waals surface area contributed by atoms with Crippen LogP contribution in [-0.2, 0) is 9.53 Å². The van der Waals surface area contributed by atoms with Crippen LogP contribution in [0.5, 0.6) is 5.75 Å².